The van der Waals surface area contributed by atoms with E-state index in [1.165, 1.54) is 6.07 Å². The second kappa shape index (κ2) is 4.17. The van der Waals surface area contributed by atoms with Crippen LogP contribution in [0.15, 0.2) is 33.5 Å². The van der Waals surface area contributed by atoms with E-state index < -0.39 is 22.9 Å². The molecular weight excluding hydrogens is 253 g/mol. The van der Waals surface area contributed by atoms with Crippen molar-refractivity contribution in [1.82, 2.24) is 0 Å². The Morgan fingerprint density at radius 3 is 2.61 bits per heavy atom. The normalized spacial score (nSPS) is 11.5. The van der Waals surface area contributed by atoms with Gasteiger partial charge >= 0.3 is 11.8 Å². The molecule has 1 heterocycles. The molecule has 0 aliphatic heterocycles. The monoisotopic (exact) mass is 258 g/mol. The largest absolute Gasteiger partial charge is 0.428 e. The van der Waals surface area contributed by atoms with E-state index in [2.05, 4.69) is 9.15 Å². The Labute approximate surface area is 97.6 Å². The molecule has 0 amide bonds. The molecule has 0 radical (unpaired) electrons. The van der Waals surface area contributed by atoms with Gasteiger partial charge in [-0.3, -0.25) is 4.79 Å². The molecule has 7 heteroatoms. The van der Waals surface area contributed by atoms with Gasteiger partial charge in [0, 0.05) is 0 Å². The fourth-order valence-corrected chi connectivity index (χ4v) is 1.53. The highest BCUT2D eigenvalue weighted by atomic mass is 19.4. The first-order valence-electron chi connectivity index (χ1n) is 4.68. The van der Waals surface area contributed by atoms with Crippen molar-refractivity contribution in [3.63, 3.8) is 0 Å². The third kappa shape index (κ3) is 2.06. The van der Waals surface area contributed by atoms with Crippen LogP contribution in [0.25, 0.3) is 11.0 Å². The molecule has 0 N–H and O–H groups in total. The summed E-state index contributed by atoms with van der Waals surface area (Å²) in [6.45, 7) is 0.0223. The van der Waals surface area contributed by atoms with E-state index in [0.29, 0.717) is 0 Å². The third-order valence-electron chi connectivity index (χ3n) is 2.21. The van der Waals surface area contributed by atoms with Crippen molar-refractivity contribution in [2.24, 2.45) is 0 Å². The first kappa shape index (κ1) is 12.2. The van der Waals surface area contributed by atoms with Gasteiger partial charge in [0.1, 0.15) is 5.75 Å². The van der Waals surface area contributed by atoms with Crippen molar-refractivity contribution in [3.8, 4) is 5.75 Å². The van der Waals surface area contributed by atoms with Crippen molar-refractivity contribution in [3.05, 3.63) is 40.2 Å². The lowest BCUT2D eigenvalue weighted by Gasteiger charge is -2.09. The third-order valence-corrected chi connectivity index (χ3v) is 2.21. The summed E-state index contributed by atoms with van der Waals surface area (Å²) in [7, 11) is 0. The fraction of sp³-hybridized carbons (Fsp3) is 0.0909. The number of para-hydroxylation sites is 1. The molecule has 0 bridgehead atoms. The zero-order valence-electron chi connectivity index (χ0n) is 8.65. The number of carbonyl (C=O) groups is 1. The number of fused-ring (bicyclic) bond motifs is 1. The van der Waals surface area contributed by atoms with Gasteiger partial charge in [0.05, 0.1) is 17.0 Å². The summed E-state index contributed by atoms with van der Waals surface area (Å²) in [6, 6.07) is 3.96. The van der Waals surface area contributed by atoms with E-state index in [0.717, 1.165) is 18.2 Å². The zero-order chi connectivity index (χ0) is 13.3. The number of benzene rings is 1. The van der Waals surface area contributed by atoms with Crippen LogP contribution in [0.4, 0.5) is 13.2 Å². The summed E-state index contributed by atoms with van der Waals surface area (Å²) >= 11 is 0. The number of alkyl halides is 3. The second-order valence-electron chi connectivity index (χ2n) is 3.32. The lowest BCUT2D eigenvalue weighted by Crippen LogP contribution is -2.08. The van der Waals surface area contributed by atoms with E-state index in [-0.39, 0.29) is 17.6 Å². The maximum Gasteiger partial charge on any atom is 0.420 e. The fourth-order valence-electron chi connectivity index (χ4n) is 1.53. The number of ether oxygens (including phenoxy) is 1. The second-order valence-corrected chi connectivity index (χ2v) is 3.32. The van der Waals surface area contributed by atoms with Crippen LogP contribution in [0.2, 0.25) is 0 Å². The summed E-state index contributed by atoms with van der Waals surface area (Å²) < 4.78 is 47.1. The van der Waals surface area contributed by atoms with Gasteiger partial charge in [-0.1, -0.05) is 6.07 Å². The topological polar surface area (TPSA) is 56.5 Å². The lowest BCUT2D eigenvalue weighted by molar-refractivity contribution is -0.136. The van der Waals surface area contributed by atoms with Crippen LogP contribution < -0.4 is 10.4 Å². The molecule has 4 nitrogen and oxygen atoms in total. The minimum Gasteiger partial charge on any atom is -0.428 e. The Bertz CT molecular complexity index is 657. The maximum absolute atomic E-state index is 12.7. The lowest BCUT2D eigenvalue weighted by atomic mass is 10.1. The molecule has 1 aromatic heterocycles. The molecule has 0 aliphatic rings. The van der Waals surface area contributed by atoms with Crippen LogP contribution >= 0.6 is 0 Å². The average molecular weight is 258 g/mol. The highest BCUT2D eigenvalue weighted by molar-refractivity contribution is 5.86. The van der Waals surface area contributed by atoms with Gasteiger partial charge in [-0.05, 0) is 12.1 Å². The Kier molecular flexibility index (Phi) is 2.82. The standard InChI is InChI=1S/C11H5F3O4/c12-11(13,14)7-3-1-2-6-8(17-5-15)4-9(16)18-10(6)7/h1-5H. The molecule has 18 heavy (non-hydrogen) atoms. The van der Waals surface area contributed by atoms with Crippen LogP contribution in [0.5, 0.6) is 5.75 Å². The Hall–Kier alpha value is -2.31. The van der Waals surface area contributed by atoms with E-state index in [1.54, 1.807) is 0 Å². The average Bonchev–Trinajstić information content (AvgIpc) is 2.27. The number of hydrogen-bond donors (Lipinski definition) is 0. The minimum absolute atomic E-state index is 0.0223. The van der Waals surface area contributed by atoms with Crippen LogP contribution in [0, 0.1) is 0 Å². The van der Waals surface area contributed by atoms with Gasteiger partial charge in [-0.15, -0.1) is 0 Å². The Morgan fingerprint density at radius 2 is 2.00 bits per heavy atom. The first-order valence-corrected chi connectivity index (χ1v) is 4.68. The van der Waals surface area contributed by atoms with Gasteiger partial charge in [0.2, 0.25) is 0 Å². The molecule has 0 saturated heterocycles. The van der Waals surface area contributed by atoms with Crippen molar-refractivity contribution in [1.29, 1.82) is 0 Å². The predicted molar refractivity (Wildman–Crippen MR) is 54.2 cm³/mol. The van der Waals surface area contributed by atoms with Crippen molar-refractivity contribution < 1.29 is 27.1 Å². The van der Waals surface area contributed by atoms with E-state index in [9.17, 15) is 22.8 Å². The van der Waals surface area contributed by atoms with Gasteiger partial charge in [0.25, 0.3) is 6.47 Å². The minimum atomic E-state index is -4.67. The molecule has 94 valence electrons. The SMILES string of the molecule is O=COc1cc(=O)oc2c(C(F)(F)F)cccc12. The van der Waals surface area contributed by atoms with Gasteiger partial charge in [-0.2, -0.15) is 13.2 Å². The quantitative estimate of drug-likeness (QED) is 0.612. The zero-order valence-corrected chi connectivity index (χ0v) is 8.65. The van der Waals surface area contributed by atoms with Gasteiger partial charge in [-0.25, -0.2) is 4.79 Å². The van der Waals surface area contributed by atoms with E-state index in [1.807, 2.05) is 0 Å². The summed E-state index contributed by atoms with van der Waals surface area (Å²) in [5.74, 6) is -0.276. The summed E-state index contributed by atoms with van der Waals surface area (Å²) in [5, 5.41) is -0.100. The molecule has 0 unspecified atom stereocenters. The number of carbonyl (C=O) groups excluding carboxylic acids is 1. The van der Waals surface area contributed by atoms with E-state index in [4.69, 9.17) is 0 Å². The molecule has 2 rings (SSSR count). The molecule has 0 atom stereocenters. The summed E-state index contributed by atoms with van der Waals surface area (Å²) in [5.41, 5.74) is -2.79. The Morgan fingerprint density at radius 1 is 1.28 bits per heavy atom. The Balaban J connectivity index is 2.86. The molecule has 2 aromatic rings. The van der Waals surface area contributed by atoms with Crippen LogP contribution in [0.3, 0.4) is 0 Å². The molecule has 1 aromatic carbocycles. The number of hydrogen-bond acceptors (Lipinski definition) is 4. The number of rotatable bonds is 2. The van der Waals surface area contributed by atoms with Gasteiger partial charge in [0.15, 0.2) is 5.58 Å². The highest BCUT2D eigenvalue weighted by Gasteiger charge is 2.34. The molecule has 0 spiro atoms. The molecule has 0 aliphatic carbocycles. The smallest absolute Gasteiger partial charge is 0.420 e. The number of halogens is 3. The molecule has 0 fully saturated rings. The maximum atomic E-state index is 12.7. The predicted octanol–water partition coefficient (Wildman–Crippen LogP) is 2.35. The first-order chi connectivity index (χ1) is 8.43. The van der Waals surface area contributed by atoms with Crippen molar-refractivity contribution in [2.75, 3.05) is 0 Å². The molecule has 0 saturated carbocycles. The van der Waals surface area contributed by atoms with Crippen molar-refractivity contribution in [2.45, 2.75) is 6.18 Å². The van der Waals surface area contributed by atoms with E-state index >= 15 is 0 Å². The summed E-state index contributed by atoms with van der Waals surface area (Å²) in [4.78, 5) is 21.4. The molecular formula is C11H5F3O4. The van der Waals surface area contributed by atoms with Crippen molar-refractivity contribution >= 4 is 17.4 Å². The van der Waals surface area contributed by atoms with Gasteiger partial charge < -0.3 is 9.15 Å². The highest BCUT2D eigenvalue weighted by Crippen LogP contribution is 2.36. The van der Waals surface area contributed by atoms with Crippen LogP contribution in [-0.4, -0.2) is 6.47 Å². The van der Waals surface area contributed by atoms with Crippen LogP contribution in [-0.2, 0) is 11.0 Å². The van der Waals surface area contributed by atoms with Crippen LogP contribution in [0.1, 0.15) is 5.56 Å². The summed E-state index contributed by atoms with van der Waals surface area (Å²) in [6.07, 6.45) is -4.67.